The van der Waals surface area contributed by atoms with Crippen molar-refractivity contribution in [2.75, 3.05) is 0 Å². The van der Waals surface area contributed by atoms with Crippen LogP contribution in [0.15, 0.2) is 35.1 Å². The highest BCUT2D eigenvalue weighted by Crippen LogP contribution is 2.09. The first-order valence-corrected chi connectivity index (χ1v) is 3.95. The lowest BCUT2D eigenvalue weighted by molar-refractivity contribution is -0.114. The molecule has 3 heteroatoms. The molecule has 0 bridgehead atoms. The number of carbonyl (C=O) groups is 1. The van der Waals surface area contributed by atoms with Gasteiger partial charge in [0.25, 0.3) is 0 Å². The quantitative estimate of drug-likeness (QED) is 0.620. The number of nitrogens with zero attached hydrogens (tertiary/aromatic N) is 1. The number of oxazole rings is 1. The summed E-state index contributed by atoms with van der Waals surface area (Å²) in [5.74, 6) is 0.167. The molecule has 0 aliphatic carbocycles. The number of aromatic nitrogens is 1. The first-order chi connectivity index (χ1) is 6.20. The monoisotopic (exact) mass is 177 g/mol. The second kappa shape index (κ2) is 4.40. The molecule has 0 saturated carbocycles. The fourth-order valence-electron chi connectivity index (χ4n) is 0.803. The minimum atomic E-state index is 0.167. The van der Waals surface area contributed by atoms with Gasteiger partial charge in [0.2, 0.25) is 0 Å². The number of para-hydroxylation sites is 2. The lowest BCUT2D eigenvalue weighted by atomic mass is 10.3. The van der Waals surface area contributed by atoms with Crippen molar-refractivity contribution in [3.63, 3.8) is 0 Å². The summed E-state index contributed by atoms with van der Waals surface area (Å²) in [6, 6.07) is 7.67. The Hall–Kier alpha value is -1.64. The molecule has 0 aliphatic rings. The maximum atomic E-state index is 9.44. The van der Waals surface area contributed by atoms with E-state index < -0.39 is 0 Å². The number of Topliss-reactive ketones (excluding diaryl/α,β-unsaturated/α-hetero) is 1. The third-order valence-corrected chi connectivity index (χ3v) is 1.24. The summed E-state index contributed by atoms with van der Waals surface area (Å²) in [5, 5.41) is 0. The Labute approximate surface area is 76.4 Å². The highest BCUT2D eigenvalue weighted by Gasteiger charge is 1.91. The number of rotatable bonds is 0. The molecule has 0 radical (unpaired) electrons. The molecule has 68 valence electrons. The highest BCUT2D eigenvalue weighted by molar-refractivity contribution is 5.72. The van der Waals surface area contributed by atoms with Crippen LogP contribution in [0.25, 0.3) is 11.1 Å². The minimum absolute atomic E-state index is 0.167. The van der Waals surface area contributed by atoms with Crippen molar-refractivity contribution < 1.29 is 9.21 Å². The largest absolute Gasteiger partial charge is 0.443 e. The van der Waals surface area contributed by atoms with Crippen molar-refractivity contribution in [2.45, 2.75) is 13.8 Å². The minimum Gasteiger partial charge on any atom is -0.443 e. The lowest BCUT2D eigenvalue weighted by Crippen LogP contribution is -1.69. The van der Waals surface area contributed by atoms with Gasteiger partial charge in [-0.1, -0.05) is 12.1 Å². The molecule has 0 saturated heterocycles. The Morgan fingerprint density at radius 3 is 2.54 bits per heavy atom. The summed E-state index contributed by atoms with van der Waals surface area (Å²) >= 11 is 0. The molecular formula is C10H11NO2. The second-order valence-electron chi connectivity index (χ2n) is 2.73. The summed E-state index contributed by atoms with van der Waals surface area (Å²) in [5.41, 5.74) is 1.76. The Balaban J connectivity index is 0.000000184. The van der Waals surface area contributed by atoms with Crippen LogP contribution in [0.2, 0.25) is 0 Å². The summed E-state index contributed by atoms with van der Waals surface area (Å²) in [6.07, 6.45) is 1.45. The van der Waals surface area contributed by atoms with E-state index >= 15 is 0 Å². The predicted molar refractivity (Wildman–Crippen MR) is 50.4 cm³/mol. The van der Waals surface area contributed by atoms with Gasteiger partial charge in [-0.3, -0.25) is 0 Å². The van der Waals surface area contributed by atoms with Crippen LogP contribution in [0.5, 0.6) is 0 Å². The van der Waals surface area contributed by atoms with Crippen LogP contribution in [0.1, 0.15) is 13.8 Å². The fraction of sp³-hybridized carbons (Fsp3) is 0.200. The van der Waals surface area contributed by atoms with E-state index in [1.807, 2.05) is 24.3 Å². The molecule has 1 aromatic heterocycles. The first kappa shape index (κ1) is 9.45. The molecule has 3 nitrogen and oxygen atoms in total. The molecule has 2 rings (SSSR count). The topological polar surface area (TPSA) is 43.1 Å². The van der Waals surface area contributed by atoms with Crippen LogP contribution in [-0.4, -0.2) is 10.8 Å². The molecule has 1 aromatic carbocycles. The van der Waals surface area contributed by atoms with Crippen molar-refractivity contribution in [1.29, 1.82) is 0 Å². The number of ketones is 1. The van der Waals surface area contributed by atoms with Crippen molar-refractivity contribution in [2.24, 2.45) is 0 Å². The van der Waals surface area contributed by atoms with E-state index in [0.717, 1.165) is 11.1 Å². The van der Waals surface area contributed by atoms with E-state index in [4.69, 9.17) is 4.42 Å². The van der Waals surface area contributed by atoms with Crippen LogP contribution >= 0.6 is 0 Å². The van der Waals surface area contributed by atoms with Crippen LogP contribution in [0.3, 0.4) is 0 Å². The fourth-order valence-corrected chi connectivity index (χ4v) is 0.803. The Kier molecular flexibility index (Phi) is 3.20. The molecule has 0 atom stereocenters. The SMILES string of the molecule is CC(C)=O.c1ccc2ocnc2c1. The Bertz CT molecular complexity index is 358. The van der Waals surface area contributed by atoms with Gasteiger partial charge in [0.15, 0.2) is 12.0 Å². The van der Waals surface area contributed by atoms with Crippen molar-refractivity contribution >= 4 is 16.9 Å². The molecule has 1 heterocycles. The van der Waals surface area contributed by atoms with Gasteiger partial charge in [-0.05, 0) is 26.0 Å². The number of fused-ring (bicyclic) bond motifs is 1. The maximum absolute atomic E-state index is 9.44. The van der Waals surface area contributed by atoms with Crippen molar-refractivity contribution in [3.05, 3.63) is 30.7 Å². The first-order valence-electron chi connectivity index (χ1n) is 3.95. The van der Waals surface area contributed by atoms with Gasteiger partial charge < -0.3 is 9.21 Å². The van der Waals surface area contributed by atoms with Crippen LogP contribution in [0.4, 0.5) is 0 Å². The summed E-state index contributed by atoms with van der Waals surface area (Å²) in [4.78, 5) is 13.4. The smallest absolute Gasteiger partial charge is 0.181 e. The Morgan fingerprint density at radius 2 is 1.92 bits per heavy atom. The van der Waals surface area contributed by atoms with Gasteiger partial charge in [-0.25, -0.2) is 4.98 Å². The third kappa shape index (κ3) is 3.07. The van der Waals surface area contributed by atoms with E-state index in [2.05, 4.69) is 4.98 Å². The Morgan fingerprint density at radius 1 is 1.31 bits per heavy atom. The average Bonchev–Trinajstić information content (AvgIpc) is 2.49. The van der Waals surface area contributed by atoms with E-state index in [-0.39, 0.29) is 5.78 Å². The molecule has 0 unspecified atom stereocenters. The van der Waals surface area contributed by atoms with Gasteiger partial charge in [-0.15, -0.1) is 0 Å². The zero-order valence-corrected chi connectivity index (χ0v) is 7.65. The molecular weight excluding hydrogens is 166 g/mol. The molecule has 0 fully saturated rings. The molecule has 2 aromatic rings. The maximum Gasteiger partial charge on any atom is 0.181 e. The molecule has 0 N–H and O–H groups in total. The number of hydrogen-bond acceptors (Lipinski definition) is 3. The normalized spacial score (nSPS) is 9.08. The highest BCUT2D eigenvalue weighted by atomic mass is 16.3. The molecule has 0 spiro atoms. The molecule has 13 heavy (non-hydrogen) atoms. The zero-order valence-electron chi connectivity index (χ0n) is 7.65. The average molecular weight is 177 g/mol. The second-order valence-corrected chi connectivity index (χ2v) is 2.73. The summed E-state index contributed by atoms with van der Waals surface area (Å²) in [6.45, 7) is 3.06. The number of hydrogen-bond donors (Lipinski definition) is 0. The molecule has 0 aliphatic heterocycles. The van der Waals surface area contributed by atoms with E-state index in [9.17, 15) is 4.79 Å². The van der Waals surface area contributed by atoms with E-state index in [0.29, 0.717) is 0 Å². The van der Waals surface area contributed by atoms with E-state index in [1.54, 1.807) is 0 Å². The van der Waals surface area contributed by atoms with Crippen molar-refractivity contribution in [3.8, 4) is 0 Å². The van der Waals surface area contributed by atoms with Crippen LogP contribution < -0.4 is 0 Å². The van der Waals surface area contributed by atoms with Crippen LogP contribution in [0, 0.1) is 0 Å². The van der Waals surface area contributed by atoms with Gasteiger partial charge in [0.05, 0.1) is 0 Å². The predicted octanol–water partition coefficient (Wildman–Crippen LogP) is 2.42. The third-order valence-electron chi connectivity index (χ3n) is 1.24. The summed E-state index contributed by atoms with van der Waals surface area (Å²) < 4.78 is 5.01. The van der Waals surface area contributed by atoms with Gasteiger partial charge in [-0.2, -0.15) is 0 Å². The lowest BCUT2D eigenvalue weighted by Gasteiger charge is -1.79. The number of benzene rings is 1. The zero-order chi connectivity index (χ0) is 9.68. The van der Waals surface area contributed by atoms with Gasteiger partial charge >= 0.3 is 0 Å². The standard InChI is InChI=1S/C7H5NO.C3H6O/c1-2-4-7-6(3-1)8-5-9-7;1-3(2)4/h1-5H;1-2H3. The summed E-state index contributed by atoms with van der Waals surface area (Å²) in [7, 11) is 0. The van der Waals surface area contributed by atoms with E-state index in [1.165, 1.54) is 20.2 Å². The number of carbonyl (C=O) groups excluding carboxylic acids is 1. The molecule has 0 amide bonds. The van der Waals surface area contributed by atoms with Gasteiger partial charge in [0, 0.05) is 0 Å². The van der Waals surface area contributed by atoms with Gasteiger partial charge in [0.1, 0.15) is 11.3 Å². The van der Waals surface area contributed by atoms with Crippen LogP contribution in [-0.2, 0) is 4.79 Å². The van der Waals surface area contributed by atoms with Crippen molar-refractivity contribution in [1.82, 2.24) is 4.98 Å².